The van der Waals surface area contributed by atoms with E-state index in [9.17, 15) is 0 Å². The van der Waals surface area contributed by atoms with E-state index >= 15 is 0 Å². The molecule has 0 fully saturated rings. The summed E-state index contributed by atoms with van der Waals surface area (Å²) < 4.78 is 0. The third kappa shape index (κ3) is 4.71. The number of aryl methyl sites for hydroxylation is 2. The minimum atomic E-state index is 0. The molecular formula is C10H14Y-2. The molecule has 0 bridgehead atoms. The summed E-state index contributed by atoms with van der Waals surface area (Å²) >= 11 is 0. The molecule has 0 N–H and O–H groups in total. The summed E-state index contributed by atoms with van der Waals surface area (Å²) in [5, 5.41) is 0. The van der Waals surface area contributed by atoms with Gasteiger partial charge in [0, 0.05) is 32.7 Å². The quantitative estimate of drug-likeness (QED) is 0.642. The van der Waals surface area contributed by atoms with E-state index in [0.29, 0.717) is 0 Å². The minimum Gasteiger partial charge on any atom is -0.358 e. The minimum absolute atomic E-state index is 0. The monoisotopic (exact) mass is 223 g/mol. The summed E-state index contributed by atoms with van der Waals surface area (Å²) in [6.45, 7) is 4.25. The smallest absolute Gasteiger partial charge is 0 e. The summed E-state index contributed by atoms with van der Waals surface area (Å²) in [6.07, 6.45) is 1.11. The Balaban J connectivity index is 0. The van der Waals surface area contributed by atoms with Crippen molar-refractivity contribution in [1.82, 2.24) is 0 Å². The zero-order chi connectivity index (χ0) is 6.69. The maximum Gasteiger partial charge on any atom is 0 e. The van der Waals surface area contributed by atoms with Crippen LogP contribution in [0.4, 0.5) is 0 Å². The van der Waals surface area contributed by atoms with Crippen molar-refractivity contribution in [2.75, 3.05) is 0 Å². The zero-order valence-electron chi connectivity index (χ0n) is 7.52. The van der Waals surface area contributed by atoms with Gasteiger partial charge in [-0.25, -0.2) is 0 Å². The largest absolute Gasteiger partial charge is 0.358 e. The van der Waals surface area contributed by atoms with E-state index in [4.69, 9.17) is 0 Å². The molecule has 0 spiro atoms. The Morgan fingerprint density at radius 1 is 1.36 bits per heavy atom. The van der Waals surface area contributed by atoms with Crippen molar-refractivity contribution < 1.29 is 32.7 Å². The van der Waals surface area contributed by atoms with E-state index in [-0.39, 0.29) is 40.1 Å². The molecule has 0 aromatic heterocycles. The Morgan fingerprint density at radius 3 is 2.36 bits per heavy atom. The van der Waals surface area contributed by atoms with Gasteiger partial charge in [0.25, 0.3) is 0 Å². The van der Waals surface area contributed by atoms with Crippen molar-refractivity contribution in [2.45, 2.75) is 20.3 Å². The summed E-state index contributed by atoms with van der Waals surface area (Å²) in [5.41, 5.74) is 2.67. The van der Waals surface area contributed by atoms with Crippen LogP contribution in [0, 0.1) is 20.4 Å². The van der Waals surface area contributed by atoms with Gasteiger partial charge in [0.2, 0.25) is 0 Å². The Kier molecular flexibility index (Phi) is 8.83. The summed E-state index contributed by atoms with van der Waals surface area (Å²) in [6, 6.07) is 9.31. The number of rotatable bonds is 1. The van der Waals surface area contributed by atoms with Crippen LogP contribution in [-0.4, -0.2) is 0 Å². The molecule has 0 aliphatic rings. The number of benzene rings is 1. The first-order valence-corrected chi connectivity index (χ1v) is 3.29. The molecule has 0 nitrogen and oxygen atoms in total. The van der Waals surface area contributed by atoms with Crippen molar-refractivity contribution in [2.24, 2.45) is 0 Å². The van der Waals surface area contributed by atoms with E-state index in [1.54, 1.807) is 0 Å². The van der Waals surface area contributed by atoms with Gasteiger partial charge in [0.15, 0.2) is 0 Å². The van der Waals surface area contributed by atoms with Crippen LogP contribution in [-0.2, 0) is 39.1 Å². The first-order valence-electron chi connectivity index (χ1n) is 3.29. The zero-order valence-corrected chi connectivity index (χ0v) is 10.4. The molecule has 0 unspecified atom stereocenters. The van der Waals surface area contributed by atoms with Gasteiger partial charge in [-0.3, -0.25) is 0 Å². The third-order valence-corrected chi connectivity index (χ3v) is 1.40. The molecule has 0 amide bonds. The molecular weight excluding hydrogens is 209 g/mol. The van der Waals surface area contributed by atoms with Gasteiger partial charge >= 0.3 is 0 Å². The van der Waals surface area contributed by atoms with Crippen LogP contribution in [0.25, 0.3) is 0 Å². The van der Waals surface area contributed by atoms with Crippen LogP contribution < -0.4 is 0 Å². The first kappa shape index (κ1) is 13.9. The second-order valence-corrected chi connectivity index (χ2v) is 2.27. The maximum atomic E-state index is 3.08. The molecule has 1 heteroatoms. The summed E-state index contributed by atoms with van der Waals surface area (Å²) in [4.78, 5) is 0. The van der Waals surface area contributed by atoms with Crippen molar-refractivity contribution in [3.8, 4) is 0 Å². The van der Waals surface area contributed by atoms with Crippen molar-refractivity contribution in [3.63, 3.8) is 0 Å². The summed E-state index contributed by atoms with van der Waals surface area (Å²) in [7, 11) is 0. The molecule has 0 saturated heterocycles. The molecule has 0 aliphatic heterocycles. The molecule has 0 aliphatic carbocycles. The molecule has 1 aromatic carbocycles. The number of hydrogen-bond donors (Lipinski definition) is 0. The first-order chi connectivity index (χ1) is 4.33. The molecule has 0 heterocycles. The van der Waals surface area contributed by atoms with Crippen molar-refractivity contribution >= 4 is 0 Å². The van der Waals surface area contributed by atoms with Crippen molar-refractivity contribution in [1.29, 1.82) is 0 Å². The molecule has 59 valence electrons. The SMILES string of the molecule is CCc1c[c-]cc(C)c1.[CH3-].[Y]. The van der Waals surface area contributed by atoms with Crippen LogP contribution in [0.15, 0.2) is 18.2 Å². The fourth-order valence-electron chi connectivity index (χ4n) is 0.860. The predicted octanol–water partition coefficient (Wildman–Crippen LogP) is 2.81. The molecule has 1 aromatic rings. The average Bonchev–Trinajstić information content (AvgIpc) is 1.88. The average molecular weight is 223 g/mol. The summed E-state index contributed by atoms with van der Waals surface area (Å²) in [5.74, 6) is 0. The molecule has 1 rings (SSSR count). The van der Waals surface area contributed by atoms with Gasteiger partial charge in [-0.1, -0.05) is 20.3 Å². The van der Waals surface area contributed by atoms with E-state index in [1.165, 1.54) is 11.1 Å². The van der Waals surface area contributed by atoms with Crippen LogP contribution in [0.3, 0.4) is 0 Å². The Hall–Kier alpha value is 0.324. The van der Waals surface area contributed by atoms with Gasteiger partial charge in [0.05, 0.1) is 0 Å². The normalized spacial score (nSPS) is 7.82. The van der Waals surface area contributed by atoms with E-state index in [2.05, 4.69) is 26.0 Å². The topological polar surface area (TPSA) is 0 Å². The second kappa shape index (κ2) is 7.00. The van der Waals surface area contributed by atoms with E-state index < -0.39 is 0 Å². The molecule has 11 heavy (non-hydrogen) atoms. The van der Waals surface area contributed by atoms with Gasteiger partial charge in [-0.2, -0.15) is 35.4 Å². The van der Waals surface area contributed by atoms with Crippen molar-refractivity contribution in [3.05, 3.63) is 42.8 Å². The van der Waals surface area contributed by atoms with Crippen LogP contribution >= 0.6 is 0 Å². The van der Waals surface area contributed by atoms with E-state index in [1.807, 2.05) is 12.1 Å². The third-order valence-electron chi connectivity index (χ3n) is 1.40. The maximum absolute atomic E-state index is 3.08. The Bertz CT molecular complexity index is 194. The van der Waals surface area contributed by atoms with Crippen LogP contribution in [0.2, 0.25) is 0 Å². The van der Waals surface area contributed by atoms with Crippen LogP contribution in [0.1, 0.15) is 18.1 Å². The molecule has 1 radical (unpaired) electrons. The molecule has 0 saturated carbocycles. The predicted molar refractivity (Wildman–Crippen MR) is 45.8 cm³/mol. The van der Waals surface area contributed by atoms with Gasteiger partial charge < -0.3 is 7.43 Å². The second-order valence-electron chi connectivity index (χ2n) is 2.27. The van der Waals surface area contributed by atoms with Gasteiger partial charge in [-0.15, -0.1) is 0 Å². The Labute approximate surface area is 95.3 Å². The fraction of sp³-hybridized carbons (Fsp3) is 0.300. The van der Waals surface area contributed by atoms with Gasteiger partial charge in [0.1, 0.15) is 0 Å². The van der Waals surface area contributed by atoms with Gasteiger partial charge in [-0.05, 0) is 0 Å². The fourth-order valence-corrected chi connectivity index (χ4v) is 0.860. The Morgan fingerprint density at radius 2 is 2.00 bits per heavy atom. The number of hydrogen-bond acceptors (Lipinski definition) is 0. The van der Waals surface area contributed by atoms with E-state index in [0.717, 1.165) is 6.42 Å². The standard InChI is InChI=1S/C9H11.CH3.Y/c1-3-9-6-4-5-8(2)7-9;;/h5-7H,3H2,1-2H3;1H3;/q2*-1;. The molecule has 0 atom stereocenters. The van der Waals surface area contributed by atoms with Crippen LogP contribution in [0.5, 0.6) is 0 Å².